The Labute approximate surface area is 368 Å². The molecule has 0 spiro atoms. The monoisotopic (exact) mass is 812 g/mol. The molecule has 2 amide bonds. The predicted molar refractivity (Wildman–Crippen MR) is 261 cm³/mol. The fraction of sp³-hybridized carbons (Fsp3) is 0.0508. The lowest BCUT2D eigenvalue weighted by molar-refractivity contribution is -0.106. The first-order valence-electron chi connectivity index (χ1n) is 21.3. The number of nitrogens with zero attached hydrogens (tertiary/aromatic N) is 2. The minimum absolute atomic E-state index is 0.414. The van der Waals surface area contributed by atoms with Gasteiger partial charge in [-0.3, -0.25) is 9.59 Å². The van der Waals surface area contributed by atoms with Gasteiger partial charge in [0.05, 0.1) is 28.0 Å². The minimum Gasteiger partial charge on any atom is -0.308 e. The van der Waals surface area contributed by atoms with Gasteiger partial charge >= 0.3 is 0 Å². The lowest BCUT2D eigenvalue weighted by atomic mass is 9.90. The van der Waals surface area contributed by atoms with E-state index >= 15 is 4.79 Å². The van der Waals surface area contributed by atoms with E-state index < -0.39 is 5.91 Å². The maximum Gasteiger partial charge on any atom is 0.267 e. The van der Waals surface area contributed by atoms with Crippen molar-refractivity contribution in [2.45, 2.75) is 20.8 Å². The summed E-state index contributed by atoms with van der Waals surface area (Å²) in [5.74, 6) is -0.414. The highest BCUT2D eigenvalue weighted by molar-refractivity contribution is 6.22. The molecule has 0 saturated heterocycles. The van der Waals surface area contributed by atoms with E-state index in [-0.39, 0.29) is 0 Å². The van der Waals surface area contributed by atoms with E-state index in [1.54, 1.807) is 0 Å². The van der Waals surface area contributed by atoms with E-state index in [0.717, 1.165) is 83.0 Å². The van der Waals surface area contributed by atoms with Crippen LogP contribution >= 0.6 is 0 Å². The Hall–Kier alpha value is -8.08. The van der Waals surface area contributed by atoms with E-state index in [4.69, 9.17) is 0 Å². The summed E-state index contributed by atoms with van der Waals surface area (Å²) in [7, 11) is 0. The zero-order valence-electron chi connectivity index (χ0n) is 35.4. The average Bonchev–Trinajstić information content (AvgIpc) is 3.65. The Morgan fingerprint density at radius 3 is 1.32 bits per heavy atom. The SMILES string of the molecule is Cc1ccc(-c2ccc3c(c2)c2cc(-c4ccc(C)cc4)ccc2n3-c2cccc(C)c2C(=O)N(C=O)c2c(-c3ccccc3)cc(-c3ccccc3)cc2-c2ccccc2)cc1. The number of carbonyl (C=O) groups excluding carboxylic acids is 2. The molecule has 1 heterocycles. The van der Waals surface area contributed by atoms with E-state index in [2.05, 4.69) is 128 Å². The van der Waals surface area contributed by atoms with Crippen LogP contribution in [0.15, 0.2) is 206 Å². The van der Waals surface area contributed by atoms with Gasteiger partial charge in [0, 0.05) is 21.9 Å². The van der Waals surface area contributed by atoms with Gasteiger partial charge in [-0.15, -0.1) is 0 Å². The molecule has 0 aliphatic heterocycles. The van der Waals surface area contributed by atoms with Gasteiger partial charge in [0.2, 0.25) is 6.41 Å². The summed E-state index contributed by atoms with van der Waals surface area (Å²) in [6, 6.07) is 70.8. The smallest absolute Gasteiger partial charge is 0.267 e. The number of benzene rings is 9. The molecule has 0 unspecified atom stereocenters. The third-order valence-electron chi connectivity index (χ3n) is 12.2. The second-order valence-corrected chi connectivity index (χ2v) is 16.3. The summed E-state index contributed by atoms with van der Waals surface area (Å²) < 4.78 is 2.19. The number of imide groups is 1. The van der Waals surface area contributed by atoms with Crippen molar-refractivity contribution in [3.8, 4) is 61.3 Å². The van der Waals surface area contributed by atoms with Gasteiger partial charge in [-0.1, -0.05) is 175 Å². The van der Waals surface area contributed by atoms with Crippen LogP contribution in [0.25, 0.3) is 83.1 Å². The van der Waals surface area contributed by atoms with Crippen molar-refractivity contribution >= 4 is 39.8 Å². The normalized spacial score (nSPS) is 11.2. The zero-order valence-corrected chi connectivity index (χ0v) is 35.4. The summed E-state index contributed by atoms with van der Waals surface area (Å²) in [6.45, 7) is 6.15. The van der Waals surface area contributed by atoms with E-state index in [1.165, 1.54) is 16.0 Å². The molecule has 9 aromatic carbocycles. The number of aromatic nitrogens is 1. The fourth-order valence-electron chi connectivity index (χ4n) is 8.94. The van der Waals surface area contributed by atoms with Crippen LogP contribution in [0.3, 0.4) is 0 Å². The highest BCUT2D eigenvalue weighted by Crippen LogP contribution is 2.45. The zero-order chi connectivity index (χ0) is 43.0. The summed E-state index contributed by atoms with van der Waals surface area (Å²) in [6.07, 6.45) is 0.683. The van der Waals surface area contributed by atoms with Gasteiger partial charge in [0.25, 0.3) is 5.91 Å². The van der Waals surface area contributed by atoms with Gasteiger partial charge in [0.15, 0.2) is 0 Å². The molecule has 10 rings (SSSR count). The second-order valence-electron chi connectivity index (χ2n) is 16.3. The first kappa shape index (κ1) is 39.1. The number of rotatable bonds is 9. The molecule has 302 valence electrons. The Morgan fingerprint density at radius 1 is 0.429 bits per heavy atom. The van der Waals surface area contributed by atoms with Crippen molar-refractivity contribution in [3.05, 3.63) is 229 Å². The molecule has 63 heavy (non-hydrogen) atoms. The van der Waals surface area contributed by atoms with Gasteiger partial charge in [-0.25, -0.2) is 4.90 Å². The van der Waals surface area contributed by atoms with E-state index in [9.17, 15) is 4.79 Å². The molecule has 0 aliphatic carbocycles. The van der Waals surface area contributed by atoms with Crippen molar-refractivity contribution < 1.29 is 9.59 Å². The van der Waals surface area contributed by atoms with Gasteiger partial charge < -0.3 is 4.57 Å². The van der Waals surface area contributed by atoms with Crippen LogP contribution in [-0.2, 0) is 4.79 Å². The lowest BCUT2D eigenvalue weighted by Crippen LogP contribution is -2.32. The molecule has 0 N–H and O–H groups in total. The number of hydrogen-bond acceptors (Lipinski definition) is 2. The molecule has 1 aromatic heterocycles. The van der Waals surface area contributed by atoms with Crippen LogP contribution in [0, 0.1) is 20.8 Å². The van der Waals surface area contributed by atoms with Crippen molar-refractivity contribution in [2.24, 2.45) is 0 Å². The topological polar surface area (TPSA) is 42.3 Å². The molecule has 4 heteroatoms. The van der Waals surface area contributed by atoms with Crippen LogP contribution in [0.2, 0.25) is 0 Å². The molecular formula is C59H44N2O2. The van der Waals surface area contributed by atoms with Gasteiger partial charge in [-0.05, 0) is 113 Å². The average molecular weight is 813 g/mol. The van der Waals surface area contributed by atoms with E-state index in [1.807, 2.05) is 104 Å². The van der Waals surface area contributed by atoms with Crippen LogP contribution < -0.4 is 4.90 Å². The van der Waals surface area contributed by atoms with Crippen molar-refractivity contribution in [3.63, 3.8) is 0 Å². The summed E-state index contributed by atoms with van der Waals surface area (Å²) in [5.41, 5.74) is 16.6. The van der Waals surface area contributed by atoms with Crippen LogP contribution in [0.5, 0.6) is 0 Å². The number of aryl methyl sites for hydroxylation is 3. The number of carbonyl (C=O) groups is 2. The maximum atomic E-state index is 15.7. The van der Waals surface area contributed by atoms with Crippen molar-refractivity contribution in [1.82, 2.24) is 4.57 Å². The first-order valence-corrected chi connectivity index (χ1v) is 21.3. The third-order valence-corrected chi connectivity index (χ3v) is 12.2. The van der Waals surface area contributed by atoms with Crippen molar-refractivity contribution in [2.75, 3.05) is 4.90 Å². The maximum absolute atomic E-state index is 15.7. The molecule has 0 atom stereocenters. The summed E-state index contributed by atoms with van der Waals surface area (Å²) in [4.78, 5) is 30.9. The molecule has 10 aromatic rings. The first-order chi connectivity index (χ1) is 30.9. The van der Waals surface area contributed by atoms with Crippen LogP contribution in [-0.4, -0.2) is 16.9 Å². The highest BCUT2D eigenvalue weighted by Gasteiger charge is 2.29. The van der Waals surface area contributed by atoms with Gasteiger partial charge in [-0.2, -0.15) is 0 Å². The Balaban J connectivity index is 1.21. The van der Waals surface area contributed by atoms with Crippen molar-refractivity contribution in [1.29, 1.82) is 0 Å². The third kappa shape index (κ3) is 7.22. The lowest BCUT2D eigenvalue weighted by Gasteiger charge is -2.26. The quantitative estimate of drug-likeness (QED) is 0.136. The standard InChI is InChI=1S/C59H44N2O2/c1-39-22-26-43(27-23-39)47-30-32-54-52(34-47)53-35-48(44-28-24-40(2)25-29-44)31-33-55(53)61(54)56-21-13-14-41(3)57(56)59(63)60(38-62)58-50(45-17-9-5-10-18-45)36-49(42-15-7-4-8-16-42)37-51(58)46-19-11-6-12-20-46/h4-38H,1-3H3. The predicted octanol–water partition coefficient (Wildman–Crippen LogP) is 14.8. The number of hydrogen-bond donors (Lipinski definition) is 0. The van der Waals surface area contributed by atoms with Crippen LogP contribution in [0.1, 0.15) is 27.0 Å². The van der Waals surface area contributed by atoms with E-state index in [0.29, 0.717) is 23.3 Å². The number of fused-ring (bicyclic) bond motifs is 3. The molecule has 0 aliphatic rings. The summed E-state index contributed by atoms with van der Waals surface area (Å²) in [5, 5.41) is 2.14. The van der Waals surface area contributed by atoms with Gasteiger partial charge in [0.1, 0.15) is 0 Å². The second kappa shape index (κ2) is 16.4. The molecule has 0 saturated carbocycles. The number of anilines is 1. The molecule has 0 radical (unpaired) electrons. The Bertz CT molecular complexity index is 3150. The molecule has 4 nitrogen and oxygen atoms in total. The number of amides is 2. The minimum atomic E-state index is -0.414. The highest BCUT2D eigenvalue weighted by atomic mass is 16.2. The van der Waals surface area contributed by atoms with Crippen LogP contribution in [0.4, 0.5) is 5.69 Å². The molecule has 0 fully saturated rings. The fourth-order valence-corrected chi connectivity index (χ4v) is 8.94. The molecule has 0 bridgehead atoms. The largest absolute Gasteiger partial charge is 0.308 e. The molecular weight excluding hydrogens is 769 g/mol. The Kier molecular flexibility index (Phi) is 10.2. The Morgan fingerprint density at radius 2 is 0.857 bits per heavy atom. The summed E-state index contributed by atoms with van der Waals surface area (Å²) >= 11 is 0.